The second kappa shape index (κ2) is 6.87. The number of hydrogen-bond acceptors (Lipinski definition) is 2. The Balaban J connectivity index is 1.83. The largest absolute Gasteiger partial charge is 0.312 e. The maximum atomic E-state index is 6.42. The number of rotatable bonds is 3. The summed E-state index contributed by atoms with van der Waals surface area (Å²) in [4.78, 5) is 2.64. The van der Waals surface area contributed by atoms with Gasteiger partial charge >= 0.3 is 0 Å². The molecule has 0 aliphatic carbocycles. The minimum Gasteiger partial charge on any atom is -0.312 e. The molecule has 1 N–H and O–H groups in total. The third-order valence-electron chi connectivity index (χ3n) is 5.06. The van der Waals surface area contributed by atoms with Crippen LogP contribution in [0.3, 0.4) is 0 Å². The molecule has 2 nitrogen and oxygen atoms in total. The quantitative estimate of drug-likeness (QED) is 0.868. The summed E-state index contributed by atoms with van der Waals surface area (Å²) in [5, 5.41) is 5.29. The fourth-order valence-electron chi connectivity index (χ4n) is 3.95. The Hall–Kier alpha value is -0.280. The van der Waals surface area contributed by atoms with Gasteiger partial charge in [0.25, 0.3) is 0 Å². The average molecular weight is 327 g/mol. The first-order valence-electron chi connectivity index (χ1n) is 8.11. The molecule has 3 unspecified atom stereocenters. The van der Waals surface area contributed by atoms with E-state index < -0.39 is 0 Å². The second-order valence-electron chi connectivity index (χ2n) is 6.35. The van der Waals surface area contributed by atoms with E-state index in [4.69, 9.17) is 23.2 Å². The molecule has 2 saturated heterocycles. The van der Waals surface area contributed by atoms with Gasteiger partial charge in [0, 0.05) is 28.2 Å². The van der Waals surface area contributed by atoms with E-state index >= 15 is 0 Å². The van der Waals surface area contributed by atoms with E-state index in [0.717, 1.165) is 22.2 Å². The molecule has 0 spiro atoms. The molecule has 0 bridgehead atoms. The Morgan fingerprint density at radius 1 is 1.19 bits per heavy atom. The van der Waals surface area contributed by atoms with Crippen molar-refractivity contribution in [3.05, 3.63) is 33.8 Å². The molecule has 4 heteroatoms. The highest BCUT2D eigenvalue weighted by Crippen LogP contribution is 2.35. The van der Waals surface area contributed by atoms with Gasteiger partial charge in [0.1, 0.15) is 0 Å². The van der Waals surface area contributed by atoms with Crippen molar-refractivity contribution >= 4 is 23.2 Å². The van der Waals surface area contributed by atoms with Crippen LogP contribution in [0.1, 0.15) is 50.6 Å². The van der Waals surface area contributed by atoms with Crippen LogP contribution in [-0.2, 0) is 0 Å². The van der Waals surface area contributed by atoms with Gasteiger partial charge in [-0.25, -0.2) is 0 Å². The molecule has 0 radical (unpaired) electrons. The molecule has 0 aromatic heterocycles. The number of benzene rings is 1. The van der Waals surface area contributed by atoms with E-state index in [1.165, 1.54) is 38.6 Å². The zero-order valence-corrected chi connectivity index (χ0v) is 14.1. The first-order valence-corrected chi connectivity index (χ1v) is 8.86. The summed E-state index contributed by atoms with van der Waals surface area (Å²) < 4.78 is 0. The van der Waals surface area contributed by atoms with Gasteiger partial charge in [-0.15, -0.1) is 0 Å². The maximum Gasteiger partial charge on any atom is 0.0454 e. The van der Waals surface area contributed by atoms with Crippen molar-refractivity contribution in [1.82, 2.24) is 10.2 Å². The van der Waals surface area contributed by atoms with E-state index in [1.54, 1.807) is 0 Å². The predicted molar refractivity (Wildman–Crippen MR) is 90.2 cm³/mol. The van der Waals surface area contributed by atoms with Crippen molar-refractivity contribution in [2.75, 3.05) is 13.1 Å². The highest BCUT2D eigenvalue weighted by molar-refractivity contribution is 6.33. The molecule has 1 aromatic rings. The van der Waals surface area contributed by atoms with Crippen LogP contribution < -0.4 is 5.32 Å². The van der Waals surface area contributed by atoms with Crippen molar-refractivity contribution in [3.8, 4) is 0 Å². The van der Waals surface area contributed by atoms with Gasteiger partial charge in [0.15, 0.2) is 0 Å². The molecule has 0 amide bonds. The smallest absolute Gasteiger partial charge is 0.0454 e. The van der Waals surface area contributed by atoms with Crippen LogP contribution in [0.4, 0.5) is 0 Å². The Morgan fingerprint density at radius 3 is 2.81 bits per heavy atom. The van der Waals surface area contributed by atoms with Crippen LogP contribution in [0.15, 0.2) is 18.2 Å². The summed E-state index contributed by atoms with van der Waals surface area (Å²) in [6, 6.07) is 7.41. The van der Waals surface area contributed by atoms with Gasteiger partial charge in [0.05, 0.1) is 0 Å². The molecular weight excluding hydrogens is 303 g/mol. The summed E-state index contributed by atoms with van der Waals surface area (Å²) in [6.45, 7) is 4.60. The van der Waals surface area contributed by atoms with Gasteiger partial charge in [-0.2, -0.15) is 0 Å². The highest BCUT2D eigenvalue weighted by atomic mass is 35.5. The lowest BCUT2D eigenvalue weighted by molar-refractivity contribution is 0.0803. The summed E-state index contributed by atoms with van der Waals surface area (Å²) in [7, 11) is 0. The highest BCUT2D eigenvalue weighted by Gasteiger charge is 2.34. The van der Waals surface area contributed by atoms with E-state index in [1.807, 2.05) is 18.2 Å². The lowest BCUT2D eigenvalue weighted by Gasteiger charge is -2.43. The Kier molecular flexibility index (Phi) is 5.11. The molecule has 3 atom stereocenters. The van der Waals surface area contributed by atoms with Crippen molar-refractivity contribution < 1.29 is 0 Å². The third-order valence-corrected chi connectivity index (χ3v) is 5.64. The summed E-state index contributed by atoms with van der Waals surface area (Å²) in [5.41, 5.74) is 1.16. The number of nitrogens with zero attached hydrogens (tertiary/aromatic N) is 1. The zero-order valence-electron chi connectivity index (χ0n) is 12.6. The van der Waals surface area contributed by atoms with E-state index in [-0.39, 0.29) is 0 Å². The fourth-order valence-corrected chi connectivity index (χ4v) is 4.40. The molecular formula is C17H24Cl2N2. The molecule has 116 valence electrons. The number of piperidine rings is 1. The number of nitrogens with one attached hydrogen (secondary N) is 1. The first kappa shape index (κ1) is 15.6. The van der Waals surface area contributed by atoms with Crippen molar-refractivity contribution in [3.63, 3.8) is 0 Å². The Morgan fingerprint density at radius 2 is 2.05 bits per heavy atom. The summed E-state index contributed by atoms with van der Waals surface area (Å²) >= 11 is 12.6. The summed E-state index contributed by atoms with van der Waals surface area (Å²) in [6.07, 6.45) is 6.53. The Labute approximate surface area is 137 Å². The van der Waals surface area contributed by atoms with Crippen LogP contribution in [-0.4, -0.2) is 30.1 Å². The normalized spacial score (nSPS) is 28.7. The van der Waals surface area contributed by atoms with E-state index in [9.17, 15) is 0 Å². The zero-order chi connectivity index (χ0) is 14.8. The standard InChI is InChI=1S/C17H24Cl2N2/c1-12(14-11-13(18)7-8-15(14)19)21-10-3-2-6-17(21)16-5-4-9-20-16/h7-8,11-12,16-17,20H,2-6,9-10H2,1H3. The minimum atomic E-state index is 0.323. The molecule has 2 heterocycles. The average Bonchev–Trinajstić information content (AvgIpc) is 3.03. The number of halogens is 2. The van der Waals surface area contributed by atoms with Gasteiger partial charge in [-0.3, -0.25) is 4.90 Å². The lowest BCUT2D eigenvalue weighted by Crippen LogP contribution is -2.50. The Bertz CT molecular complexity index is 486. The van der Waals surface area contributed by atoms with Crippen LogP contribution >= 0.6 is 23.2 Å². The minimum absolute atomic E-state index is 0.323. The van der Waals surface area contributed by atoms with E-state index in [2.05, 4.69) is 17.1 Å². The lowest BCUT2D eigenvalue weighted by atomic mass is 9.91. The second-order valence-corrected chi connectivity index (χ2v) is 7.19. The van der Waals surface area contributed by atoms with Crippen LogP contribution in [0.2, 0.25) is 10.0 Å². The van der Waals surface area contributed by atoms with E-state index in [0.29, 0.717) is 18.1 Å². The van der Waals surface area contributed by atoms with Crippen molar-refractivity contribution in [2.24, 2.45) is 0 Å². The van der Waals surface area contributed by atoms with Crippen LogP contribution in [0.25, 0.3) is 0 Å². The van der Waals surface area contributed by atoms with Gasteiger partial charge in [-0.1, -0.05) is 29.6 Å². The molecule has 2 aliphatic heterocycles. The molecule has 2 fully saturated rings. The fraction of sp³-hybridized carbons (Fsp3) is 0.647. The van der Waals surface area contributed by atoms with Crippen molar-refractivity contribution in [2.45, 2.75) is 57.2 Å². The van der Waals surface area contributed by atoms with Crippen LogP contribution in [0, 0.1) is 0 Å². The molecule has 2 aliphatic rings. The van der Waals surface area contributed by atoms with Gasteiger partial charge in [0.2, 0.25) is 0 Å². The summed E-state index contributed by atoms with van der Waals surface area (Å²) in [5.74, 6) is 0. The first-order chi connectivity index (χ1) is 10.2. The topological polar surface area (TPSA) is 15.3 Å². The molecule has 1 aromatic carbocycles. The molecule has 21 heavy (non-hydrogen) atoms. The maximum absolute atomic E-state index is 6.42. The molecule has 3 rings (SSSR count). The monoisotopic (exact) mass is 326 g/mol. The van der Waals surface area contributed by atoms with Gasteiger partial charge < -0.3 is 5.32 Å². The predicted octanol–water partition coefficient (Wildman–Crippen LogP) is 4.66. The SMILES string of the molecule is CC(c1cc(Cl)ccc1Cl)N1CCCCC1C1CCCN1. The number of likely N-dealkylation sites (tertiary alicyclic amines) is 1. The van der Waals surface area contributed by atoms with Crippen LogP contribution in [0.5, 0.6) is 0 Å². The van der Waals surface area contributed by atoms with Gasteiger partial charge in [-0.05, 0) is 69.5 Å². The number of hydrogen-bond donors (Lipinski definition) is 1. The molecule has 0 saturated carbocycles. The third kappa shape index (κ3) is 3.39. The van der Waals surface area contributed by atoms with Crippen molar-refractivity contribution in [1.29, 1.82) is 0 Å².